The van der Waals surface area contributed by atoms with Gasteiger partial charge in [0.15, 0.2) is 0 Å². The van der Waals surface area contributed by atoms with E-state index >= 15 is 0 Å². The number of fused-ring (bicyclic) bond motifs is 3. The Balaban J connectivity index is 1.28. The molecule has 3 atom stereocenters. The van der Waals surface area contributed by atoms with Crippen molar-refractivity contribution >= 4 is 21.8 Å². The van der Waals surface area contributed by atoms with Gasteiger partial charge in [-0.1, -0.05) is 63.6 Å². The molecule has 0 radical (unpaired) electrons. The molecule has 1 unspecified atom stereocenters. The van der Waals surface area contributed by atoms with Gasteiger partial charge in [-0.05, 0) is 74.4 Å². The van der Waals surface area contributed by atoms with Crippen LogP contribution in [0.3, 0.4) is 0 Å². The van der Waals surface area contributed by atoms with Crippen molar-refractivity contribution in [3.8, 4) is 23.0 Å². The molecule has 1 aliphatic rings. The van der Waals surface area contributed by atoms with Crippen molar-refractivity contribution in [1.82, 2.24) is 19.3 Å². The van der Waals surface area contributed by atoms with Gasteiger partial charge in [-0.3, -0.25) is 4.57 Å². The van der Waals surface area contributed by atoms with E-state index < -0.39 is 0 Å². The number of hydrogen-bond acceptors (Lipinski definition) is 3. The Morgan fingerprint density at radius 2 is 1.67 bits per heavy atom. The molecule has 0 N–H and O–H groups in total. The van der Waals surface area contributed by atoms with Crippen LogP contribution in [0.1, 0.15) is 63.9 Å². The minimum atomic E-state index is -0.326. The first-order valence-electron chi connectivity index (χ1n) is 16.1. The molecule has 0 saturated heterocycles. The lowest BCUT2D eigenvalue weighted by atomic mass is 9.72. The summed E-state index contributed by atoms with van der Waals surface area (Å²) >= 11 is 0. The lowest BCUT2D eigenvalue weighted by molar-refractivity contribution is 0.389. The average molecular weight is 599 g/mol. The van der Waals surface area contributed by atoms with Gasteiger partial charge in [0.1, 0.15) is 23.1 Å². The highest BCUT2D eigenvalue weighted by atomic mass is 19.1. The predicted molar refractivity (Wildman–Crippen MR) is 180 cm³/mol. The summed E-state index contributed by atoms with van der Waals surface area (Å²) in [7, 11) is 0. The van der Waals surface area contributed by atoms with E-state index in [1.165, 1.54) is 47.3 Å². The third-order valence-electron chi connectivity index (χ3n) is 9.31. The maximum absolute atomic E-state index is 14.3. The molecular formula is C39H39FN4O. The number of rotatable bonds is 7. The molecule has 3 aromatic heterocycles. The van der Waals surface area contributed by atoms with Gasteiger partial charge in [-0.15, -0.1) is 0 Å². The normalized spacial score (nSPS) is 18.4. The summed E-state index contributed by atoms with van der Waals surface area (Å²) in [4.78, 5) is 4.49. The van der Waals surface area contributed by atoms with Gasteiger partial charge in [0.25, 0.3) is 0 Å². The van der Waals surface area contributed by atoms with Gasteiger partial charge < -0.3 is 4.74 Å². The molecule has 0 amide bonds. The molecule has 0 bridgehead atoms. The first-order chi connectivity index (χ1) is 21.9. The fraction of sp³-hybridized carbons (Fsp3) is 0.282. The van der Waals surface area contributed by atoms with Crippen LogP contribution < -0.4 is 4.74 Å². The van der Waals surface area contributed by atoms with Crippen molar-refractivity contribution in [2.75, 3.05) is 0 Å². The number of aromatic nitrogens is 4. The minimum absolute atomic E-state index is 0.326. The highest BCUT2D eigenvalue weighted by molar-refractivity contribution is 6.09. The zero-order valence-electron chi connectivity index (χ0n) is 26.6. The van der Waals surface area contributed by atoms with E-state index in [9.17, 15) is 4.39 Å². The first kappa shape index (κ1) is 29.0. The van der Waals surface area contributed by atoms with E-state index in [4.69, 9.17) is 9.84 Å². The van der Waals surface area contributed by atoms with Crippen LogP contribution in [-0.4, -0.2) is 19.3 Å². The quantitative estimate of drug-likeness (QED) is 0.172. The molecule has 3 heterocycles. The Hall–Kier alpha value is -4.71. The van der Waals surface area contributed by atoms with E-state index in [-0.39, 0.29) is 5.82 Å². The number of nitrogens with zero attached hydrogens (tertiary/aromatic N) is 4. The Bertz CT molecular complexity index is 2070. The van der Waals surface area contributed by atoms with Gasteiger partial charge in [-0.25, -0.2) is 14.1 Å². The molecule has 5 nitrogen and oxygen atoms in total. The van der Waals surface area contributed by atoms with Crippen LogP contribution in [0.2, 0.25) is 0 Å². The number of aryl methyl sites for hydroxylation is 1. The van der Waals surface area contributed by atoms with Crippen molar-refractivity contribution < 1.29 is 9.13 Å². The highest BCUT2D eigenvalue weighted by Crippen LogP contribution is 2.44. The summed E-state index contributed by atoms with van der Waals surface area (Å²) in [5, 5.41) is 7.32. The molecule has 3 aromatic carbocycles. The highest BCUT2D eigenvalue weighted by Gasteiger charge is 2.32. The van der Waals surface area contributed by atoms with E-state index in [1.807, 2.05) is 47.0 Å². The second kappa shape index (κ2) is 11.7. The maximum atomic E-state index is 14.3. The zero-order valence-corrected chi connectivity index (χ0v) is 26.6. The largest absolute Gasteiger partial charge is 0.457 e. The van der Waals surface area contributed by atoms with Crippen LogP contribution in [0, 0.1) is 17.7 Å². The number of halogens is 1. The molecule has 0 spiro atoms. The summed E-state index contributed by atoms with van der Waals surface area (Å²) in [6.07, 6.45) is 6.94. The zero-order chi connectivity index (χ0) is 31.2. The molecule has 6 heteroatoms. The van der Waals surface area contributed by atoms with Gasteiger partial charge in [0.05, 0.1) is 22.4 Å². The third-order valence-corrected chi connectivity index (χ3v) is 9.31. The summed E-state index contributed by atoms with van der Waals surface area (Å²) in [6.45, 7) is 11.4. The van der Waals surface area contributed by atoms with Crippen LogP contribution >= 0.6 is 0 Å². The topological polar surface area (TPSA) is 44.9 Å². The molecule has 6 aromatic rings. The van der Waals surface area contributed by atoms with Crippen molar-refractivity contribution in [2.45, 2.75) is 59.8 Å². The molecule has 0 saturated carbocycles. The summed E-state index contributed by atoms with van der Waals surface area (Å²) < 4.78 is 24.9. The van der Waals surface area contributed by atoms with Gasteiger partial charge >= 0.3 is 0 Å². The van der Waals surface area contributed by atoms with E-state index in [0.717, 1.165) is 46.1 Å². The second-order valence-corrected chi connectivity index (χ2v) is 12.5. The molecular weight excluding hydrogens is 559 g/mol. The molecule has 1 aliphatic carbocycles. The van der Waals surface area contributed by atoms with Crippen molar-refractivity contribution in [2.24, 2.45) is 11.8 Å². The number of allylic oxidation sites excluding steroid dienone is 2. The monoisotopic (exact) mass is 598 g/mol. The minimum Gasteiger partial charge on any atom is -0.457 e. The smallest absolute Gasteiger partial charge is 0.140 e. The lowest BCUT2D eigenvalue weighted by Gasteiger charge is -2.32. The Morgan fingerprint density at radius 1 is 0.867 bits per heavy atom. The average Bonchev–Trinajstić information content (AvgIpc) is 3.56. The van der Waals surface area contributed by atoms with E-state index in [2.05, 4.69) is 74.6 Å². The fourth-order valence-electron chi connectivity index (χ4n) is 7.58. The summed E-state index contributed by atoms with van der Waals surface area (Å²) in [6, 6.07) is 25.2. The van der Waals surface area contributed by atoms with Crippen molar-refractivity contribution in [3.05, 3.63) is 119 Å². The summed E-state index contributed by atoms with van der Waals surface area (Å²) in [5.41, 5.74) is 8.18. The van der Waals surface area contributed by atoms with E-state index in [0.29, 0.717) is 29.3 Å². The number of hydrogen-bond donors (Lipinski definition) is 0. The van der Waals surface area contributed by atoms with Crippen LogP contribution in [0.25, 0.3) is 33.3 Å². The molecule has 228 valence electrons. The van der Waals surface area contributed by atoms with Crippen LogP contribution in [0.4, 0.5) is 4.39 Å². The SMILES string of the molecule is CCc1nn(-c2cccc(Oc3ccc4c5ccccc5n(-c5cc(F)ccn5)c4c3)c2)c(CC)c1[C@@H]1C(C)=CC(C)C[C@@H]1C. The van der Waals surface area contributed by atoms with Crippen molar-refractivity contribution in [3.63, 3.8) is 0 Å². The number of pyridine rings is 1. The number of para-hydroxylation sites is 1. The van der Waals surface area contributed by atoms with Gasteiger partial charge in [0.2, 0.25) is 0 Å². The first-order valence-corrected chi connectivity index (χ1v) is 16.1. The lowest BCUT2D eigenvalue weighted by Crippen LogP contribution is -2.21. The maximum Gasteiger partial charge on any atom is 0.140 e. The standard InChI is InChI=1S/C39H39FN4O/c1-6-33-39(38-25(4)19-24(3)20-26(38)5)34(7-2)44(42-33)28-11-10-12-29(22-28)45-30-15-16-32-31-13-8-9-14-35(31)43(36(32)23-30)37-21-27(40)17-18-41-37/h8-19,21-24,26,38H,6-7,20H2,1-5H3/t24?,26-,38+/m0/s1. The molecule has 45 heavy (non-hydrogen) atoms. The summed E-state index contributed by atoms with van der Waals surface area (Å²) in [5.74, 6) is 3.20. The molecule has 7 rings (SSSR count). The van der Waals surface area contributed by atoms with Crippen molar-refractivity contribution in [1.29, 1.82) is 0 Å². The number of ether oxygens (including phenoxy) is 1. The van der Waals surface area contributed by atoms with Crippen LogP contribution in [-0.2, 0) is 12.8 Å². The fourth-order valence-corrected chi connectivity index (χ4v) is 7.58. The Morgan fingerprint density at radius 3 is 2.44 bits per heavy atom. The van der Waals surface area contributed by atoms with E-state index in [1.54, 1.807) is 0 Å². The Labute approximate surface area is 264 Å². The Kier molecular flexibility index (Phi) is 7.52. The number of benzene rings is 3. The molecule has 0 fully saturated rings. The van der Waals surface area contributed by atoms with Crippen LogP contribution in [0.5, 0.6) is 11.5 Å². The van der Waals surface area contributed by atoms with Gasteiger partial charge in [0, 0.05) is 52.3 Å². The third kappa shape index (κ3) is 5.12. The second-order valence-electron chi connectivity index (χ2n) is 12.5. The van der Waals surface area contributed by atoms with Crippen LogP contribution in [0.15, 0.2) is 96.7 Å². The predicted octanol–water partition coefficient (Wildman–Crippen LogP) is 10.1. The van der Waals surface area contributed by atoms with Gasteiger partial charge in [-0.2, -0.15) is 5.10 Å². The molecule has 0 aliphatic heterocycles.